The lowest BCUT2D eigenvalue weighted by atomic mass is 10.2. The summed E-state index contributed by atoms with van der Waals surface area (Å²) in [5.41, 5.74) is 0.661. The van der Waals surface area contributed by atoms with E-state index < -0.39 is 21.7 Å². The van der Waals surface area contributed by atoms with Gasteiger partial charge in [-0.05, 0) is 42.0 Å². The van der Waals surface area contributed by atoms with E-state index in [1.54, 1.807) is 25.1 Å². The van der Waals surface area contributed by atoms with Gasteiger partial charge in [0, 0.05) is 23.1 Å². The number of rotatable bonds is 7. The maximum atomic E-state index is 13.0. The fraction of sp³-hybridized carbons (Fsp3) is 0.235. The van der Waals surface area contributed by atoms with Gasteiger partial charge in [0.05, 0.1) is 11.4 Å². The number of amides is 1. The number of halogens is 3. The molecular formula is C17H17Cl2FN2O3S. The first kappa shape index (κ1) is 20.6. The largest absolute Gasteiger partial charge is 0.351 e. The van der Waals surface area contributed by atoms with Gasteiger partial charge >= 0.3 is 0 Å². The highest BCUT2D eigenvalue weighted by molar-refractivity contribution is 7.89. The quantitative estimate of drug-likeness (QED) is 0.748. The normalized spacial score (nSPS) is 11.6. The number of hydrogen-bond acceptors (Lipinski definition) is 3. The Morgan fingerprint density at radius 2 is 1.81 bits per heavy atom. The third-order valence-corrected chi connectivity index (χ3v) is 6.14. The molecule has 140 valence electrons. The molecule has 1 N–H and O–H groups in total. The van der Waals surface area contributed by atoms with Crippen molar-refractivity contribution < 1.29 is 17.6 Å². The molecule has 0 saturated heterocycles. The summed E-state index contributed by atoms with van der Waals surface area (Å²) in [6, 6.07) is 9.33. The Balaban J connectivity index is 2.04. The molecule has 0 saturated carbocycles. The molecular weight excluding hydrogens is 402 g/mol. The van der Waals surface area contributed by atoms with Crippen molar-refractivity contribution in [3.63, 3.8) is 0 Å². The van der Waals surface area contributed by atoms with Gasteiger partial charge in [0.25, 0.3) is 0 Å². The Morgan fingerprint density at radius 3 is 2.38 bits per heavy atom. The Morgan fingerprint density at radius 1 is 1.15 bits per heavy atom. The summed E-state index contributed by atoms with van der Waals surface area (Å²) in [7, 11) is -3.90. The van der Waals surface area contributed by atoms with Crippen molar-refractivity contribution in [2.75, 3.05) is 13.1 Å². The minimum Gasteiger partial charge on any atom is -0.351 e. The first-order valence-electron chi connectivity index (χ1n) is 7.70. The van der Waals surface area contributed by atoms with E-state index in [1.807, 2.05) is 0 Å². The first-order valence-corrected chi connectivity index (χ1v) is 9.90. The van der Waals surface area contributed by atoms with Crippen LogP contribution in [0.5, 0.6) is 0 Å². The first-order chi connectivity index (χ1) is 12.2. The highest BCUT2D eigenvalue weighted by Gasteiger charge is 2.25. The van der Waals surface area contributed by atoms with Crippen molar-refractivity contribution in [3.05, 3.63) is 63.9 Å². The van der Waals surface area contributed by atoms with Crippen LogP contribution < -0.4 is 5.32 Å². The van der Waals surface area contributed by atoms with E-state index in [0.717, 1.165) is 16.4 Å². The molecule has 9 heteroatoms. The lowest BCUT2D eigenvalue weighted by Crippen LogP contribution is -2.40. The van der Waals surface area contributed by atoms with Crippen molar-refractivity contribution in [1.29, 1.82) is 0 Å². The summed E-state index contributed by atoms with van der Waals surface area (Å²) in [5, 5.41) is 3.51. The summed E-state index contributed by atoms with van der Waals surface area (Å²) in [4.78, 5) is 12.1. The van der Waals surface area contributed by atoms with E-state index in [0.29, 0.717) is 15.6 Å². The number of likely N-dealkylation sites (N-methyl/N-ethyl adjacent to an activating group) is 1. The summed E-state index contributed by atoms with van der Waals surface area (Å²) in [5.74, 6) is -1.02. The summed E-state index contributed by atoms with van der Waals surface area (Å²) < 4.78 is 39.1. The van der Waals surface area contributed by atoms with E-state index in [-0.39, 0.29) is 24.5 Å². The predicted molar refractivity (Wildman–Crippen MR) is 99.1 cm³/mol. The second-order valence-electron chi connectivity index (χ2n) is 5.40. The molecule has 1 amide bonds. The number of carbonyl (C=O) groups is 1. The average molecular weight is 419 g/mol. The number of benzene rings is 2. The van der Waals surface area contributed by atoms with Crippen LogP contribution in [0, 0.1) is 5.82 Å². The smallest absolute Gasteiger partial charge is 0.243 e. The van der Waals surface area contributed by atoms with Gasteiger partial charge in [-0.1, -0.05) is 36.2 Å². The maximum absolute atomic E-state index is 13.0. The minimum absolute atomic E-state index is 0.0747. The van der Waals surface area contributed by atoms with Crippen molar-refractivity contribution in [2.45, 2.75) is 18.4 Å². The third-order valence-electron chi connectivity index (χ3n) is 3.62. The van der Waals surface area contributed by atoms with Crippen molar-refractivity contribution in [1.82, 2.24) is 9.62 Å². The Bertz CT molecular complexity index is 889. The molecule has 0 bridgehead atoms. The lowest BCUT2D eigenvalue weighted by Gasteiger charge is -2.20. The van der Waals surface area contributed by atoms with Crippen LogP contribution in [0.4, 0.5) is 4.39 Å². The van der Waals surface area contributed by atoms with Crippen molar-refractivity contribution in [2.24, 2.45) is 0 Å². The maximum Gasteiger partial charge on any atom is 0.243 e. The summed E-state index contributed by atoms with van der Waals surface area (Å²) >= 11 is 11.9. The zero-order chi connectivity index (χ0) is 19.3. The van der Waals surface area contributed by atoms with E-state index in [9.17, 15) is 17.6 Å². The van der Waals surface area contributed by atoms with Gasteiger partial charge in [0.1, 0.15) is 5.82 Å². The molecule has 0 radical (unpaired) electrons. The molecule has 0 atom stereocenters. The van der Waals surface area contributed by atoms with Gasteiger partial charge in [-0.15, -0.1) is 0 Å². The van der Waals surface area contributed by atoms with Gasteiger partial charge in [-0.2, -0.15) is 4.31 Å². The van der Waals surface area contributed by atoms with Crippen LogP contribution in [0.2, 0.25) is 10.0 Å². The van der Waals surface area contributed by atoms with Crippen LogP contribution >= 0.6 is 23.2 Å². The predicted octanol–water partition coefficient (Wildman–Crippen LogP) is 3.46. The molecule has 0 aliphatic heterocycles. The number of nitrogens with zero attached hydrogens (tertiary/aromatic N) is 1. The number of carbonyl (C=O) groups excluding carboxylic acids is 1. The van der Waals surface area contributed by atoms with Crippen LogP contribution in [-0.4, -0.2) is 31.7 Å². The van der Waals surface area contributed by atoms with Gasteiger partial charge in [0.15, 0.2) is 0 Å². The van der Waals surface area contributed by atoms with Crippen LogP contribution in [0.3, 0.4) is 0 Å². The molecule has 2 aromatic rings. The standard InChI is InChI=1S/C17H17Cl2FN2O3S/c1-2-22(26(24,25)15-7-5-14(20)6-8-15)11-17(23)21-10-12-3-4-13(18)9-16(12)19/h3-9H,2,10-11H2,1H3,(H,21,23). The molecule has 0 aromatic heterocycles. The molecule has 0 aliphatic rings. The second-order valence-corrected chi connectivity index (χ2v) is 8.18. The Kier molecular flexibility index (Phi) is 7.00. The van der Waals surface area contributed by atoms with Gasteiger partial charge < -0.3 is 5.32 Å². The van der Waals surface area contributed by atoms with E-state index in [4.69, 9.17) is 23.2 Å². The molecule has 26 heavy (non-hydrogen) atoms. The third kappa shape index (κ3) is 5.17. The zero-order valence-corrected chi connectivity index (χ0v) is 16.2. The van der Waals surface area contributed by atoms with Crippen LogP contribution in [0.15, 0.2) is 47.4 Å². The monoisotopic (exact) mass is 418 g/mol. The highest BCUT2D eigenvalue weighted by atomic mass is 35.5. The minimum atomic E-state index is -3.90. The molecule has 2 rings (SSSR count). The lowest BCUT2D eigenvalue weighted by molar-refractivity contribution is -0.121. The van der Waals surface area contributed by atoms with Crippen molar-refractivity contribution in [3.8, 4) is 0 Å². The van der Waals surface area contributed by atoms with Crippen LogP contribution in [0.25, 0.3) is 0 Å². The van der Waals surface area contributed by atoms with Gasteiger partial charge in [-0.3, -0.25) is 4.79 Å². The van der Waals surface area contributed by atoms with E-state index >= 15 is 0 Å². The summed E-state index contributed by atoms with van der Waals surface area (Å²) in [6.07, 6.45) is 0. The fourth-order valence-electron chi connectivity index (χ4n) is 2.20. The number of hydrogen-bond donors (Lipinski definition) is 1. The molecule has 5 nitrogen and oxygen atoms in total. The topological polar surface area (TPSA) is 66.5 Å². The van der Waals surface area contributed by atoms with Crippen LogP contribution in [-0.2, 0) is 21.4 Å². The van der Waals surface area contributed by atoms with Crippen molar-refractivity contribution >= 4 is 39.1 Å². The molecule has 0 fully saturated rings. The number of nitrogens with one attached hydrogen (secondary N) is 1. The summed E-state index contributed by atoms with van der Waals surface area (Å²) in [6.45, 7) is 1.49. The Hall–Kier alpha value is -1.67. The van der Waals surface area contributed by atoms with Crippen LogP contribution in [0.1, 0.15) is 12.5 Å². The zero-order valence-electron chi connectivity index (χ0n) is 13.9. The molecule has 0 unspecified atom stereocenters. The van der Waals surface area contributed by atoms with E-state index in [2.05, 4.69) is 5.32 Å². The SMILES string of the molecule is CCN(CC(=O)NCc1ccc(Cl)cc1Cl)S(=O)(=O)c1ccc(F)cc1. The Labute approximate surface area is 161 Å². The highest BCUT2D eigenvalue weighted by Crippen LogP contribution is 2.21. The van der Waals surface area contributed by atoms with E-state index in [1.165, 1.54) is 12.1 Å². The fourth-order valence-corrected chi connectivity index (χ4v) is 4.08. The molecule has 2 aromatic carbocycles. The van der Waals surface area contributed by atoms with Gasteiger partial charge in [0.2, 0.25) is 15.9 Å². The second kappa shape index (κ2) is 8.81. The van der Waals surface area contributed by atoms with Gasteiger partial charge in [-0.25, -0.2) is 12.8 Å². The molecule has 0 aliphatic carbocycles. The number of sulfonamides is 1. The average Bonchev–Trinajstić information content (AvgIpc) is 2.59. The molecule has 0 spiro atoms. The molecule has 0 heterocycles.